The molecule has 29 heavy (non-hydrogen) atoms. The Labute approximate surface area is 171 Å². The molecule has 0 aliphatic carbocycles. The minimum atomic E-state index is -0.316. The molecule has 3 rings (SSSR count). The quantitative estimate of drug-likeness (QED) is 0.786. The van der Waals surface area contributed by atoms with Crippen molar-refractivity contribution in [1.29, 1.82) is 0 Å². The van der Waals surface area contributed by atoms with Crippen molar-refractivity contribution >= 4 is 17.6 Å². The van der Waals surface area contributed by atoms with Crippen molar-refractivity contribution in [2.24, 2.45) is 0 Å². The number of ether oxygens (including phenoxy) is 2. The maximum atomic E-state index is 12.8. The fraction of sp³-hybridized carbons (Fsp3) is 0.364. The molecule has 7 nitrogen and oxygen atoms in total. The zero-order valence-electron chi connectivity index (χ0n) is 16.8. The maximum Gasteiger partial charge on any atom is 0.319 e. The summed E-state index contributed by atoms with van der Waals surface area (Å²) >= 11 is 0. The van der Waals surface area contributed by atoms with Gasteiger partial charge in [0.25, 0.3) is 5.91 Å². The van der Waals surface area contributed by atoms with E-state index in [1.807, 2.05) is 31.2 Å². The standard InChI is InChI=1S/C22H27N3O4/c1-16-15-29-13-12-25(16)21(26)18-7-5-8-19(14-18)24-22(27)23-11-10-17-6-3-4-9-20(17)28-2/h3-9,14,16H,10-13,15H2,1-2H3,(H2,23,24,27). The van der Waals surface area contributed by atoms with E-state index in [2.05, 4.69) is 10.6 Å². The molecular formula is C22H27N3O4. The Balaban J connectivity index is 1.54. The van der Waals surface area contributed by atoms with E-state index in [1.54, 1.807) is 36.3 Å². The van der Waals surface area contributed by atoms with E-state index in [-0.39, 0.29) is 18.0 Å². The van der Waals surface area contributed by atoms with E-state index in [4.69, 9.17) is 9.47 Å². The molecule has 1 saturated heterocycles. The number of nitrogens with one attached hydrogen (secondary N) is 2. The molecule has 1 fully saturated rings. The summed E-state index contributed by atoms with van der Waals surface area (Å²) in [5, 5.41) is 5.62. The van der Waals surface area contributed by atoms with Gasteiger partial charge >= 0.3 is 6.03 Å². The number of anilines is 1. The number of morpholine rings is 1. The lowest BCUT2D eigenvalue weighted by atomic mass is 10.1. The summed E-state index contributed by atoms with van der Waals surface area (Å²) in [5.74, 6) is 0.749. The second-order valence-electron chi connectivity index (χ2n) is 6.95. The highest BCUT2D eigenvalue weighted by Crippen LogP contribution is 2.18. The molecule has 1 atom stereocenters. The first kappa shape index (κ1) is 20.7. The molecule has 1 aliphatic rings. The van der Waals surface area contributed by atoms with Crippen LogP contribution in [-0.4, -0.2) is 56.3 Å². The summed E-state index contributed by atoms with van der Waals surface area (Å²) < 4.78 is 10.7. The zero-order valence-corrected chi connectivity index (χ0v) is 16.8. The molecule has 0 bridgehead atoms. The van der Waals surface area contributed by atoms with Crippen LogP contribution in [-0.2, 0) is 11.2 Å². The molecule has 0 spiro atoms. The number of benzene rings is 2. The summed E-state index contributed by atoms with van der Waals surface area (Å²) in [6.45, 7) is 4.09. The summed E-state index contributed by atoms with van der Waals surface area (Å²) in [6, 6.07) is 14.4. The molecule has 1 unspecified atom stereocenters. The number of rotatable bonds is 6. The molecule has 0 radical (unpaired) electrons. The van der Waals surface area contributed by atoms with E-state index in [0.29, 0.717) is 44.0 Å². The highest BCUT2D eigenvalue weighted by atomic mass is 16.5. The number of carbonyl (C=O) groups is 2. The lowest BCUT2D eigenvalue weighted by molar-refractivity contribution is 0.00360. The largest absolute Gasteiger partial charge is 0.496 e. The third kappa shape index (κ3) is 5.48. The van der Waals surface area contributed by atoms with E-state index >= 15 is 0 Å². The molecule has 3 amide bonds. The molecule has 2 N–H and O–H groups in total. The fourth-order valence-electron chi connectivity index (χ4n) is 3.32. The Hall–Kier alpha value is -3.06. The molecule has 1 heterocycles. The van der Waals surface area contributed by atoms with Gasteiger partial charge in [-0.3, -0.25) is 4.79 Å². The number of methoxy groups -OCH3 is 1. The second-order valence-corrected chi connectivity index (χ2v) is 6.95. The van der Waals surface area contributed by atoms with Crippen LogP contribution in [0.1, 0.15) is 22.8 Å². The van der Waals surface area contributed by atoms with Crippen molar-refractivity contribution < 1.29 is 19.1 Å². The lowest BCUT2D eigenvalue weighted by Crippen LogP contribution is -2.47. The van der Waals surface area contributed by atoms with Gasteiger partial charge in [0.15, 0.2) is 0 Å². The third-order valence-electron chi connectivity index (χ3n) is 4.87. The van der Waals surface area contributed by atoms with Crippen LogP contribution in [0.4, 0.5) is 10.5 Å². The van der Waals surface area contributed by atoms with Crippen LogP contribution in [0.25, 0.3) is 0 Å². The van der Waals surface area contributed by atoms with Crippen LogP contribution in [0.2, 0.25) is 0 Å². The Morgan fingerprint density at radius 1 is 1.21 bits per heavy atom. The average molecular weight is 397 g/mol. The molecule has 2 aromatic carbocycles. The monoisotopic (exact) mass is 397 g/mol. The zero-order chi connectivity index (χ0) is 20.6. The summed E-state index contributed by atoms with van der Waals surface area (Å²) in [7, 11) is 1.63. The van der Waals surface area contributed by atoms with Crippen molar-refractivity contribution in [2.75, 3.05) is 38.7 Å². The second kappa shape index (κ2) is 9.93. The summed E-state index contributed by atoms with van der Waals surface area (Å²) in [5.41, 5.74) is 2.15. The molecule has 7 heteroatoms. The van der Waals surface area contributed by atoms with Crippen molar-refractivity contribution in [3.05, 3.63) is 59.7 Å². The maximum absolute atomic E-state index is 12.8. The number of hydrogen-bond acceptors (Lipinski definition) is 4. The first-order chi connectivity index (χ1) is 14.1. The topological polar surface area (TPSA) is 79.9 Å². The van der Waals surface area contributed by atoms with Gasteiger partial charge in [-0.2, -0.15) is 0 Å². The SMILES string of the molecule is COc1ccccc1CCNC(=O)Nc1cccc(C(=O)N2CCOCC2C)c1. The molecule has 154 valence electrons. The number of amides is 3. The third-order valence-corrected chi connectivity index (χ3v) is 4.87. The van der Waals surface area contributed by atoms with Gasteiger partial charge in [-0.1, -0.05) is 24.3 Å². The molecule has 1 aliphatic heterocycles. The smallest absolute Gasteiger partial charge is 0.319 e. The molecular weight excluding hydrogens is 370 g/mol. The van der Waals surface area contributed by atoms with E-state index in [1.165, 1.54) is 0 Å². The Bertz CT molecular complexity index is 855. The van der Waals surface area contributed by atoms with Crippen LogP contribution >= 0.6 is 0 Å². The van der Waals surface area contributed by atoms with Crippen molar-refractivity contribution in [2.45, 2.75) is 19.4 Å². The number of carbonyl (C=O) groups excluding carboxylic acids is 2. The normalized spacial score (nSPS) is 16.2. The van der Waals surface area contributed by atoms with Crippen LogP contribution in [0.5, 0.6) is 5.75 Å². The minimum absolute atomic E-state index is 0.0335. The van der Waals surface area contributed by atoms with Crippen LogP contribution in [0.3, 0.4) is 0 Å². The van der Waals surface area contributed by atoms with Gasteiger partial charge in [-0.15, -0.1) is 0 Å². The summed E-state index contributed by atoms with van der Waals surface area (Å²) in [4.78, 5) is 26.8. The number of urea groups is 1. The van der Waals surface area contributed by atoms with Gasteiger partial charge in [-0.25, -0.2) is 4.79 Å². The highest BCUT2D eigenvalue weighted by molar-refractivity contribution is 5.97. The predicted molar refractivity (Wildman–Crippen MR) is 111 cm³/mol. The number of nitrogens with zero attached hydrogens (tertiary/aromatic N) is 1. The van der Waals surface area contributed by atoms with E-state index in [9.17, 15) is 9.59 Å². The van der Waals surface area contributed by atoms with Crippen molar-refractivity contribution in [1.82, 2.24) is 10.2 Å². The van der Waals surface area contributed by atoms with Gasteiger partial charge in [-0.05, 0) is 43.2 Å². The van der Waals surface area contributed by atoms with E-state index in [0.717, 1.165) is 11.3 Å². The van der Waals surface area contributed by atoms with Crippen LogP contribution in [0.15, 0.2) is 48.5 Å². The van der Waals surface area contributed by atoms with Crippen molar-refractivity contribution in [3.8, 4) is 5.75 Å². The van der Waals surface area contributed by atoms with Crippen LogP contribution in [0, 0.1) is 0 Å². The van der Waals surface area contributed by atoms with Gasteiger partial charge < -0.3 is 25.0 Å². The van der Waals surface area contributed by atoms with Gasteiger partial charge in [0, 0.05) is 24.3 Å². The predicted octanol–water partition coefficient (Wildman–Crippen LogP) is 2.92. The summed E-state index contributed by atoms with van der Waals surface area (Å²) in [6.07, 6.45) is 0.658. The van der Waals surface area contributed by atoms with E-state index < -0.39 is 0 Å². The number of hydrogen-bond donors (Lipinski definition) is 2. The van der Waals surface area contributed by atoms with Gasteiger partial charge in [0.05, 0.1) is 26.4 Å². The Morgan fingerprint density at radius 2 is 2.03 bits per heavy atom. The number of para-hydroxylation sites is 1. The van der Waals surface area contributed by atoms with Crippen LogP contribution < -0.4 is 15.4 Å². The first-order valence-electron chi connectivity index (χ1n) is 9.74. The lowest BCUT2D eigenvalue weighted by Gasteiger charge is -2.33. The fourth-order valence-corrected chi connectivity index (χ4v) is 3.32. The minimum Gasteiger partial charge on any atom is -0.496 e. The van der Waals surface area contributed by atoms with Crippen molar-refractivity contribution in [3.63, 3.8) is 0 Å². The van der Waals surface area contributed by atoms with Gasteiger partial charge in [0.2, 0.25) is 0 Å². The first-order valence-corrected chi connectivity index (χ1v) is 9.74. The highest BCUT2D eigenvalue weighted by Gasteiger charge is 2.24. The molecule has 2 aromatic rings. The Kier molecular flexibility index (Phi) is 7.08. The Morgan fingerprint density at radius 3 is 2.83 bits per heavy atom. The molecule has 0 saturated carbocycles. The average Bonchev–Trinajstić information content (AvgIpc) is 2.74. The van der Waals surface area contributed by atoms with Gasteiger partial charge in [0.1, 0.15) is 5.75 Å². The molecule has 0 aromatic heterocycles.